The molecule has 23 heavy (non-hydrogen) atoms. The van der Waals surface area contributed by atoms with Crippen molar-refractivity contribution in [1.82, 2.24) is 4.90 Å². The summed E-state index contributed by atoms with van der Waals surface area (Å²) < 4.78 is 5.49. The Balaban J connectivity index is 1.80. The van der Waals surface area contributed by atoms with Crippen LogP contribution in [0, 0.1) is 5.92 Å². The van der Waals surface area contributed by atoms with Crippen LogP contribution in [0.4, 0.5) is 4.79 Å². The first kappa shape index (κ1) is 14.8. The molecule has 120 valence electrons. The van der Waals surface area contributed by atoms with Crippen LogP contribution in [-0.2, 0) is 10.2 Å². The summed E-state index contributed by atoms with van der Waals surface area (Å²) >= 11 is 6.40. The summed E-state index contributed by atoms with van der Waals surface area (Å²) in [5.41, 5.74) is 1.44. The maximum absolute atomic E-state index is 12.6. The van der Waals surface area contributed by atoms with Crippen molar-refractivity contribution in [1.29, 1.82) is 0 Å². The topological polar surface area (TPSA) is 46.6 Å². The lowest BCUT2D eigenvalue weighted by Crippen LogP contribution is -2.38. The van der Waals surface area contributed by atoms with Crippen LogP contribution in [0.3, 0.4) is 0 Å². The normalized spacial score (nSPS) is 28.3. The Kier molecular flexibility index (Phi) is 2.81. The summed E-state index contributed by atoms with van der Waals surface area (Å²) in [6.07, 6.45) is 0.506. The second-order valence-corrected chi connectivity index (χ2v) is 7.88. The van der Waals surface area contributed by atoms with Crippen LogP contribution in [0.25, 0.3) is 0 Å². The molecule has 1 aromatic carbocycles. The van der Waals surface area contributed by atoms with Gasteiger partial charge in [0.2, 0.25) is 5.78 Å². The van der Waals surface area contributed by atoms with E-state index in [2.05, 4.69) is 0 Å². The van der Waals surface area contributed by atoms with Crippen LogP contribution in [0.1, 0.15) is 43.1 Å². The predicted molar refractivity (Wildman–Crippen MR) is 86.4 cm³/mol. The van der Waals surface area contributed by atoms with Gasteiger partial charge in [0, 0.05) is 17.5 Å². The zero-order chi connectivity index (χ0) is 16.6. The Labute approximate surface area is 140 Å². The van der Waals surface area contributed by atoms with Gasteiger partial charge in [-0.1, -0.05) is 35.9 Å². The van der Waals surface area contributed by atoms with Gasteiger partial charge in [0.1, 0.15) is 10.6 Å². The maximum Gasteiger partial charge on any atom is 0.414 e. The molecule has 1 saturated carbocycles. The number of amides is 1. The molecule has 5 heteroatoms. The van der Waals surface area contributed by atoms with Gasteiger partial charge in [-0.3, -0.25) is 9.69 Å². The zero-order valence-corrected chi connectivity index (χ0v) is 14.1. The van der Waals surface area contributed by atoms with E-state index in [9.17, 15) is 9.59 Å². The number of allylic oxidation sites excluding steroid dienone is 2. The fourth-order valence-electron chi connectivity index (χ4n) is 3.94. The lowest BCUT2D eigenvalue weighted by molar-refractivity contribution is 0.0321. The Morgan fingerprint density at radius 3 is 2.74 bits per heavy atom. The number of nitrogens with zero attached hydrogens (tertiary/aromatic N) is 1. The molecule has 0 radical (unpaired) electrons. The number of benzene rings is 1. The van der Waals surface area contributed by atoms with E-state index in [-0.39, 0.29) is 16.2 Å². The average molecular weight is 332 g/mol. The number of piperidine rings is 1. The first-order valence-electron chi connectivity index (χ1n) is 7.80. The Morgan fingerprint density at radius 1 is 1.35 bits per heavy atom. The predicted octanol–water partition coefficient (Wildman–Crippen LogP) is 3.84. The van der Waals surface area contributed by atoms with E-state index in [1.165, 1.54) is 0 Å². The Hall–Kier alpha value is -1.81. The molecule has 2 aliphatic carbocycles. The molecule has 4 nitrogen and oxygen atoms in total. The van der Waals surface area contributed by atoms with Crippen molar-refractivity contribution in [3.8, 4) is 0 Å². The standard InChI is InChI=1S/C18H18ClNO3/c1-17(2,3)23-16(22)20-9-10-8-18(10)12-7-5-4-6-11(12)14(21)13(19)15(18)20/h4-7,10H,8-9H2,1-3H3/t10-,18-/m0/s1. The minimum Gasteiger partial charge on any atom is -0.443 e. The number of carbonyl (C=O) groups excluding carboxylic acids is 2. The van der Waals surface area contributed by atoms with Crippen LogP contribution < -0.4 is 0 Å². The lowest BCUT2D eigenvalue weighted by atomic mass is 9.81. The van der Waals surface area contributed by atoms with E-state index in [4.69, 9.17) is 16.3 Å². The molecule has 1 saturated heterocycles. The highest BCUT2D eigenvalue weighted by atomic mass is 35.5. The summed E-state index contributed by atoms with van der Waals surface area (Å²) in [4.78, 5) is 26.7. The molecule has 2 atom stereocenters. The van der Waals surface area contributed by atoms with Gasteiger partial charge in [-0.2, -0.15) is 0 Å². The summed E-state index contributed by atoms with van der Waals surface area (Å²) in [7, 11) is 0. The molecule has 1 heterocycles. The van der Waals surface area contributed by atoms with Gasteiger partial charge in [-0.25, -0.2) is 4.79 Å². The van der Waals surface area contributed by atoms with Crippen LogP contribution in [0.5, 0.6) is 0 Å². The first-order chi connectivity index (χ1) is 10.8. The molecular formula is C18H18ClNO3. The van der Waals surface area contributed by atoms with Gasteiger partial charge in [0.25, 0.3) is 0 Å². The molecule has 0 unspecified atom stereocenters. The van der Waals surface area contributed by atoms with Gasteiger partial charge < -0.3 is 4.74 Å². The van der Waals surface area contributed by atoms with Crippen molar-refractivity contribution in [2.75, 3.05) is 6.54 Å². The fourth-order valence-corrected chi connectivity index (χ4v) is 4.32. The van der Waals surface area contributed by atoms with Gasteiger partial charge in [0.05, 0.1) is 5.70 Å². The number of carbonyl (C=O) groups is 2. The van der Waals surface area contributed by atoms with E-state index in [0.29, 0.717) is 23.7 Å². The first-order valence-corrected chi connectivity index (χ1v) is 8.18. The number of fused-ring (bicyclic) bond motifs is 1. The second-order valence-electron chi connectivity index (χ2n) is 7.50. The zero-order valence-electron chi connectivity index (χ0n) is 13.4. The Bertz CT molecular complexity index is 777. The molecule has 1 amide bonds. The molecule has 2 fully saturated rings. The molecular weight excluding hydrogens is 314 g/mol. The quantitative estimate of drug-likeness (QED) is 0.725. The molecule has 4 rings (SSSR count). The SMILES string of the molecule is CC(C)(C)OC(=O)N1C[C@@H]2C[C@]23C1=C(Cl)C(=O)c1ccccc13. The highest BCUT2D eigenvalue weighted by Gasteiger charge is 2.69. The largest absolute Gasteiger partial charge is 0.443 e. The summed E-state index contributed by atoms with van der Waals surface area (Å²) in [5.74, 6) is 0.108. The number of ether oxygens (including phenoxy) is 1. The second kappa shape index (κ2) is 4.38. The van der Waals surface area contributed by atoms with Gasteiger partial charge >= 0.3 is 6.09 Å². The third-order valence-electron chi connectivity index (χ3n) is 4.87. The summed E-state index contributed by atoms with van der Waals surface area (Å²) in [5, 5.41) is 0.162. The monoisotopic (exact) mass is 331 g/mol. The third-order valence-corrected chi connectivity index (χ3v) is 5.22. The smallest absolute Gasteiger partial charge is 0.414 e. The molecule has 3 aliphatic rings. The van der Waals surface area contributed by atoms with Crippen molar-refractivity contribution in [3.05, 3.63) is 46.1 Å². The number of ketones is 1. The van der Waals surface area contributed by atoms with Crippen LogP contribution in [0.2, 0.25) is 0 Å². The van der Waals surface area contributed by atoms with Gasteiger partial charge in [0.15, 0.2) is 0 Å². The number of hydrogen-bond donors (Lipinski definition) is 0. The van der Waals surface area contributed by atoms with Crippen LogP contribution in [-0.4, -0.2) is 28.9 Å². The van der Waals surface area contributed by atoms with Crippen molar-refractivity contribution >= 4 is 23.5 Å². The van der Waals surface area contributed by atoms with Crippen molar-refractivity contribution < 1.29 is 14.3 Å². The molecule has 0 bridgehead atoms. The van der Waals surface area contributed by atoms with Gasteiger partial charge in [-0.15, -0.1) is 0 Å². The highest BCUT2D eigenvalue weighted by Crippen LogP contribution is 2.68. The van der Waals surface area contributed by atoms with E-state index in [0.717, 1.165) is 12.0 Å². The number of rotatable bonds is 0. The summed E-state index contributed by atoms with van der Waals surface area (Å²) in [6, 6.07) is 7.58. The lowest BCUT2D eigenvalue weighted by Gasteiger charge is -2.32. The van der Waals surface area contributed by atoms with E-state index in [1.807, 2.05) is 45.0 Å². The van der Waals surface area contributed by atoms with Crippen molar-refractivity contribution in [2.24, 2.45) is 5.92 Å². The molecule has 0 aromatic heterocycles. The maximum atomic E-state index is 12.6. The molecule has 1 spiro atoms. The minimum atomic E-state index is -0.583. The van der Waals surface area contributed by atoms with Crippen molar-refractivity contribution in [3.63, 3.8) is 0 Å². The average Bonchev–Trinajstić information content (AvgIpc) is 3.08. The third kappa shape index (κ3) is 1.91. The van der Waals surface area contributed by atoms with E-state index >= 15 is 0 Å². The molecule has 1 aliphatic heterocycles. The molecule has 1 aromatic rings. The Morgan fingerprint density at radius 2 is 2.04 bits per heavy atom. The van der Waals surface area contributed by atoms with Crippen LogP contribution >= 0.6 is 11.6 Å². The summed E-state index contributed by atoms with van der Waals surface area (Å²) in [6.45, 7) is 6.04. The van der Waals surface area contributed by atoms with Gasteiger partial charge in [-0.05, 0) is 38.7 Å². The molecule has 0 N–H and O–H groups in total. The van der Waals surface area contributed by atoms with E-state index < -0.39 is 11.7 Å². The van der Waals surface area contributed by atoms with Crippen LogP contribution in [0.15, 0.2) is 35.0 Å². The number of Topliss-reactive ketones (excluding diaryl/α,β-unsaturated/α-hetero) is 1. The number of hydrogen-bond acceptors (Lipinski definition) is 3. The number of halogens is 1. The highest BCUT2D eigenvalue weighted by molar-refractivity contribution is 6.46. The number of likely N-dealkylation sites (tertiary alicyclic amines) is 1. The fraction of sp³-hybridized carbons (Fsp3) is 0.444. The minimum absolute atomic E-state index is 0.162. The van der Waals surface area contributed by atoms with E-state index in [1.54, 1.807) is 4.90 Å². The van der Waals surface area contributed by atoms with Crippen molar-refractivity contribution in [2.45, 2.75) is 38.2 Å².